The second-order valence-electron chi connectivity index (χ2n) is 4.18. The molecular formula is C14H11ClIN3OS. The fraction of sp³-hybridized carbons (Fsp3) is 0.0714. The lowest BCUT2D eigenvalue weighted by atomic mass is 10.2. The van der Waals surface area contributed by atoms with Gasteiger partial charge in [-0.15, -0.1) is 0 Å². The Morgan fingerprint density at radius 2 is 2.10 bits per heavy atom. The molecule has 2 aromatic rings. The highest BCUT2D eigenvalue weighted by Gasteiger charge is 2.09. The van der Waals surface area contributed by atoms with Gasteiger partial charge < -0.3 is 5.32 Å². The van der Waals surface area contributed by atoms with Gasteiger partial charge in [0.15, 0.2) is 5.11 Å². The first-order valence-electron chi connectivity index (χ1n) is 5.97. The molecule has 2 rings (SSSR count). The summed E-state index contributed by atoms with van der Waals surface area (Å²) in [4.78, 5) is 16.3. The van der Waals surface area contributed by atoms with Crippen LogP contribution in [0.5, 0.6) is 0 Å². The molecule has 21 heavy (non-hydrogen) atoms. The quantitative estimate of drug-likeness (QED) is 0.561. The van der Waals surface area contributed by atoms with E-state index in [1.807, 2.05) is 13.0 Å². The summed E-state index contributed by atoms with van der Waals surface area (Å²) >= 11 is 13.2. The van der Waals surface area contributed by atoms with Crippen LogP contribution in [-0.2, 0) is 0 Å². The zero-order chi connectivity index (χ0) is 15.4. The number of carbonyl (C=O) groups is 1. The molecule has 0 aliphatic carbocycles. The molecule has 1 aromatic heterocycles. The highest BCUT2D eigenvalue weighted by molar-refractivity contribution is 14.1. The van der Waals surface area contributed by atoms with Crippen molar-refractivity contribution in [3.8, 4) is 0 Å². The highest BCUT2D eigenvalue weighted by atomic mass is 127. The summed E-state index contributed by atoms with van der Waals surface area (Å²) in [6.45, 7) is 1.90. The molecule has 1 aromatic carbocycles. The van der Waals surface area contributed by atoms with E-state index < -0.39 is 0 Å². The third-order valence-electron chi connectivity index (χ3n) is 2.58. The summed E-state index contributed by atoms with van der Waals surface area (Å²) in [5.74, 6) is 0.265. The summed E-state index contributed by atoms with van der Waals surface area (Å²) in [5.41, 5.74) is 1.34. The average molecular weight is 432 g/mol. The molecule has 0 saturated carbocycles. The molecule has 0 fully saturated rings. The van der Waals surface area contributed by atoms with Crippen LogP contribution in [-0.4, -0.2) is 16.0 Å². The van der Waals surface area contributed by atoms with Crippen LogP contribution in [0, 0.1) is 10.5 Å². The number of thiocarbonyl (C=S) groups is 1. The van der Waals surface area contributed by atoms with Gasteiger partial charge in [0, 0.05) is 14.2 Å². The van der Waals surface area contributed by atoms with Crippen LogP contribution >= 0.6 is 46.4 Å². The number of hydrogen-bond donors (Lipinski definition) is 2. The first kappa shape index (κ1) is 16.1. The number of aromatic nitrogens is 1. The molecule has 4 nitrogen and oxygen atoms in total. The fourth-order valence-corrected chi connectivity index (χ4v) is 2.25. The predicted molar refractivity (Wildman–Crippen MR) is 96.8 cm³/mol. The van der Waals surface area contributed by atoms with Gasteiger partial charge in [0.2, 0.25) is 0 Å². The normalized spacial score (nSPS) is 10.0. The lowest BCUT2D eigenvalue weighted by Gasteiger charge is -2.10. The van der Waals surface area contributed by atoms with Crippen molar-refractivity contribution in [3.05, 3.63) is 56.2 Å². The Morgan fingerprint density at radius 3 is 2.76 bits per heavy atom. The number of nitrogens with zero attached hydrogens (tertiary/aromatic N) is 1. The Bertz CT molecular complexity index is 708. The minimum Gasteiger partial charge on any atom is -0.317 e. The van der Waals surface area contributed by atoms with Crippen molar-refractivity contribution >= 4 is 63.2 Å². The van der Waals surface area contributed by atoms with E-state index in [0.717, 1.165) is 9.26 Å². The zero-order valence-electron chi connectivity index (χ0n) is 11.0. The van der Waals surface area contributed by atoms with Gasteiger partial charge in [-0.1, -0.05) is 17.7 Å². The molecule has 0 saturated heterocycles. The molecule has 0 bridgehead atoms. The van der Waals surface area contributed by atoms with Gasteiger partial charge in [-0.2, -0.15) is 0 Å². The highest BCUT2D eigenvalue weighted by Crippen LogP contribution is 2.13. The van der Waals surface area contributed by atoms with Crippen molar-refractivity contribution in [2.75, 3.05) is 5.32 Å². The lowest BCUT2D eigenvalue weighted by molar-refractivity contribution is 0.0977. The maximum Gasteiger partial charge on any atom is 0.257 e. The van der Waals surface area contributed by atoms with Crippen LogP contribution < -0.4 is 10.6 Å². The first-order chi connectivity index (χ1) is 9.95. The predicted octanol–water partition coefficient (Wildman–Crippen LogP) is 3.77. The Balaban J connectivity index is 2.01. The second kappa shape index (κ2) is 7.15. The van der Waals surface area contributed by atoms with Crippen molar-refractivity contribution < 1.29 is 4.79 Å². The molecule has 0 unspecified atom stereocenters. The number of carbonyl (C=O) groups excluding carboxylic acids is 1. The third kappa shape index (κ3) is 4.62. The van der Waals surface area contributed by atoms with Gasteiger partial charge in [0.05, 0.1) is 5.69 Å². The summed E-state index contributed by atoms with van der Waals surface area (Å²) in [7, 11) is 0. The van der Waals surface area contributed by atoms with Crippen molar-refractivity contribution in [1.82, 2.24) is 10.3 Å². The number of anilines is 1. The molecule has 1 heterocycles. The Hall–Kier alpha value is -1.25. The number of hydrogen-bond acceptors (Lipinski definition) is 3. The van der Waals surface area contributed by atoms with Gasteiger partial charge in [-0.25, -0.2) is 4.98 Å². The maximum atomic E-state index is 12.0. The van der Waals surface area contributed by atoms with E-state index in [1.165, 1.54) is 0 Å². The van der Waals surface area contributed by atoms with Crippen molar-refractivity contribution in [1.29, 1.82) is 0 Å². The molecule has 7 heteroatoms. The zero-order valence-corrected chi connectivity index (χ0v) is 14.7. The Labute approximate surface area is 146 Å². The third-order valence-corrected chi connectivity index (χ3v) is 4.16. The smallest absolute Gasteiger partial charge is 0.257 e. The van der Waals surface area contributed by atoms with E-state index in [1.54, 1.807) is 30.3 Å². The molecule has 0 spiro atoms. The van der Waals surface area contributed by atoms with E-state index in [9.17, 15) is 4.79 Å². The van der Waals surface area contributed by atoms with Crippen molar-refractivity contribution in [3.63, 3.8) is 0 Å². The topological polar surface area (TPSA) is 54.0 Å². The van der Waals surface area contributed by atoms with Crippen LogP contribution in [0.4, 0.5) is 5.82 Å². The fourth-order valence-electron chi connectivity index (χ4n) is 1.57. The number of aryl methyl sites for hydroxylation is 1. The lowest BCUT2D eigenvalue weighted by Crippen LogP contribution is -2.34. The second-order valence-corrected chi connectivity index (χ2v) is 6.19. The van der Waals surface area contributed by atoms with Crippen LogP contribution in [0.3, 0.4) is 0 Å². The molecule has 0 aliphatic rings. The van der Waals surface area contributed by atoms with E-state index >= 15 is 0 Å². The van der Waals surface area contributed by atoms with Gasteiger partial charge >= 0.3 is 0 Å². The van der Waals surface area contributed by atoms with Gasteiger partial charge in [0.25, 0.3) is 5.91 Å². The SMILES string of the molecule is Cc1nc(NC(=S)NC(=O)c2cccc(Cl)c2)ccc1I. The summed E-state index contributed by atoms with van der Waals surface area (Å²) < 4.78 is 1.06. The van der Waals surface area contributed by atoms with E-state index in [2.05, 4.69) is 38.2 Å². The monoisotopic (exact) mass is 431 g/mol. The van der Waals surface area contributed by atoms with Crippen LogP contribution in [0.25, 0.3) is 0 Å². The maximum absolute atomic E-state index is 12.0. The van der Waals surface area contributed by atoms with E-state index in [0.29, 0.717) is 16.4 Å². The van der Waals surface area contributed by atoms with E-state index in [-0.39, 0.29) is 11.0 Å². The number of benzene rings is 1. The molecule has 0 radical (unpaired) electrons. The number of amides is 1. The molecule has 0 atom stereocenters. The van der Waals surface area contributed by atoms with Gasteiger partial charge in [-0.3, -0.25) is 10.1 Å². The van der Waals surface area contributed by atoms with Crippen LogP contribution in [0.15, 0.2) is 36.4 Å². The summed E-state index contributed by atoms with van der Waals surface area (Å²) in [6, 6.07) is 10.4. The largest absolute Gasteiger partial charge is 0.317 e. The van der Waals surface area contributed by atoms with Gasteiger partial charge in [0.1, 0.15) is 5.82 Å². The standard InChI is InChI=1S/C14H11ClIN3OS/c1-8-11(16)5-6-12(17-8)18-14(21)19-13(20)9-3-2-4-10(15)7-9/h2-7H,1H3,(H2,17,18,19,20,21). The van der Waals surface area contributed by atoms with E-state index in [4.69, 9.17) is 23.8 Å². The molecule has 1 amide bonds. The van der Waals surface area contributed by atoms with Crippen LogP contribution in [0.2, 0.25) is 5.02 Å². The minimum absolute atomic E-state index is 0.188. The molecule has 0 aliphatic heterocycles. The minimum atomic E-state index is -0.322. The number of rotatable bonds is 2. The van der Waals surface area contributed by atoms with Crippen LogP contribution in [0.1, 0.15) is 16.1 Å². The first-order valence-corrected chi connectivity index (χ1v) is 7.83. The summed E-state index contributed by atoms with van der Waals surface area (Å²) in [5, 5.41) is 6.15. The number of halogens is 2. The average Bonchev–Trinajstić information content (AvgIpc) is 2.43. The molecular weight excluding hydrogens is 421 g/mol. The van der Waals surface area contributed by atoms with Crippen molar-refractivity contribution in [2.24, 2.45) is 0 Å². The summed E-state index contributed by atoms with van der Waals surface area (Å²) in [6.07, 6.45) is 0. The van der Waals surface area contributed by atoms with Crippen molar-refractivity contribution in [2.45, 2.75) is 6.92 Å². The Kier molecular flexibility index (Phi) is 5.49. The molecule has 2 N–H and O–H groups in total. The molecule has 108 valence electrons. The number of nitrogens with one attached hydrogen (secondary N) is 2. The number of pyridine rings is 1. The Morgan fingerprint density at radius 1 is 1.33 bits per heavy atom. The van der Waals surface area contributed by atoms with Gasteiger partial charge in [-0.05, 0) is 72.1 Å².